The minimum atomic E-state index is -1.16. The second kappa shape index (κ2) is 6.09. The fourth-order valence-corrected chi connectivity index (χ4v) is 4.79. The van der Waals surface area contributed by atoms with E-state index in [4.69, 9.17) is 0 Å². The van der Waals surface area contributed by atoms with Crippen molar-refractivity contribution in [2.45, 2.75) is 58.5 Å². The van der Waals surface area contributed by atoms with Crippen LogP contribution in [0.5, 0.6) is 0 Å². The Kier molecular flexibility index (Phi) is 3.83. The molecule has 0 unspecified atom stereocenters. The van der Waals surface area contributed by atoms with Crippen molar-refractivity contribution in [1.82, 2.24) is 4.57 Å². The number of carboxylic acids is 1. The SMILES string of the molecule is CC(C)(C)[C@@H]1CC2=C(Cc3c(NC4CC4)cccc32)c2cc(=O)c(C(=O)O)cn21. The summed E-state index contributed by atoms with van der Waals surface area (Å²) in [5.74, 6) is -1.16. The van der Waals surface area contributed by atoms with Crippen molar-refractivity contribution >= 4 is 22.8 Å². The van der Waals surface area contributed by atoms with Crippen LogP contribution in [-0.2, 0) is 6.42 Å². The minimum Gasteiger partial charge on any atom is -0.477 e. The summed E-state index contributed by atoms with van der Waals surface area (Å²) in [6.07, 6.45) is 5.63. The average molecular weight is 390 g/mol. The molecule has 1 aliphatic heterocycles. The number of allylic oxidation sites excluding steroid dienone is 2. The van der Waals surface area contributed by atoms with Crippen LogP contribution in [0.3, 0.4) is 0 Å². The van der Waals surface area contributed by atoms with Crippen molar-refractivity contribution in [3.05, 3.63) is 63.1 Å². The number of fused-ring (bicyclic) bond motifs is 4. The van der Waals surface area contributed by atoms with Crippen LogP contribution in [0.25, 0.3) is 11.1 Å². The van der Waals surface area contributed by atoms with Crippen molar-refractivity contribution in [2.24, 2.45) is 5.41 Å². The van der Waals surface area contributed by atoms with Crippen LogP contribution in [0.15, 0.2) is 35.3 Å². The van der Waals surface area contributed by atoms with Crippen LogP contribution in [0.2, 0.25) is 0 Å². The molecule has 2 heterocycles. The molecule has 2 aromatic rings. The number of hydrogen-bond acceptors (Lipinski definition) is 3. The van der Waals surface area contributed by atoms with E-state index in [2.05, 4.69) is 44.3 Å². The van der Waals surface area contributed by atoms with Gasteiger partial charge in [-0.05, 0) is 53.0 Å². The summed E-state index contributed by atoms with van der Waals surface area (Å²) in [5, 5.41) is 13.1. The van der Waals surface area contributed by atoms with Crippen LogP contribution in [0.1, 0.15) is 73.3 Å². The highest BCUT2D eigenvalue weighted by molar-refractivity contribution is 5.99. The second-order valence-corrected chi connectivity index (χ2v) is 9.62. The highest BCUT2D eigenvalue weighted by Crippen LogP contribution is 2.51. The monoisotopic (exact) mass is 390 g/mol. The number of benzene rings is 1. The number of hydrogen-bond donors (Lipinski definition) is 2. The van der Waals surface area contributed by atoms with Gasteiger partial charge in [0.05, 0.1) is 0 Å². The second-order valence-electron chi connectivity index (χ2n) is 9.62. The predicted octanol–water partition coefficient (Wildman–Crippen LogP) is 4.58. The lowest BCUT2D eigenvalue weighted by Gasteiger charge is -2.39. The van der Waals surface area contributed by atoms with E-state index >= 15 is 0 Å². The lowest BCUT2D eigenvalue weighted by Crippen LogP contribution is -2.32. The Morgan fingerprint density at radius 3 is 2.62 bits per heavy atom. The molecule has 1 aromatic carbocycles. The summed E-state index contributed by atoms with van der Waals surface area (Å²) in [4.78, 5) is 24.1. The smallest absolute Gasteiger partial charge is 0.341 e. The number of anilines is 1. The molecule has 0 radical (unpaired) electrons. The van der Waals surface area contributed by atoms with Crippen LogP contribution in [0, 0.1) is 5.41 Å². The largest absolute Gasteiger partial charge is 0.477 e. The molecule has 150 valence electrons. The number of carboxylic acid groups (broad SMARTS) is 1. The molecule has 1 saturated carbocycles. The Balaban J connectivity index is 1.68. The number of rotatable bonds is 3. The Hall–Kier alpha value is -2.82. The quantitative estimate of drug-likeness (QED) is 0.805. The molecule has 3 aliphatic rings. The third-order valence-electron chi connectivity index (χ3n) is 6.51. The summed E-state index contributed by atoms with van der Waals surface area (Å²) < 4.78 is 2.05. The van der Waals surface area contributed by atoms with Gasteiger partial charge in [0.25, 0.3) is 0 Å². The average Bonchev–Trinajstić information content (AvgIpc) is 3.37. The molecule has 1 fully saturated rings. The molecule has 5 nitrogen and oxygen atoms in total. The van der Waals surface area contributed by atoms with E-state index in [0.717, 1.165) is 18.5 Å². The molecule has 29 heavy (non-hydrogen) atoms. The van der Waals surface area contributed by atoms with Crippen molar-refractivity contribution in [3.63, 3.8) is 0 Å². The van der Waals surface area contributed by atoms with Gasteiger partial charge in [-0.15, -0.1) is 0 Å². The Bertz CT molecular complexity index is 1130. The van der Waals surface area contributed by atoms with E-state index in [0.29, 0.717) is 6.04 Å². The van der Waals surface area contributed by atoms with E-state index in [9.17, 15) is 14.7 Å². The first-order valence-electron chi connectivity index (χ1n) is 10.3. The maximum absolute atomic E-state index is 12.5. The van der Waals surface area contributed by atoms with Crippen molar-refractivity contribution in [3.8, 4) is 0 Å². The molecule has 0 amide bonds. The molecular weight excluding hydrogens is 364 g/mol. The molecule has 0 spiro atoms. The first kappa shape index (κ1) is 18.2. The molecule has 0 saturated heterocycles. The fraction of sp³-hybridized carbons (Fsp3) is 0.417. The number of aromatic carboxylic acids is 1. The maximum atomic E-state index is 12.5. The Morgan fingerprint density at radius 2 is 1.97 bits per heavy atom. The minimum absolute atomic E-state index is 0.0786. The predicted molar refractivity (Wildman–Crippen MR) is 114 cm³/mol. The van der Waals surface area contributed by atoms with Gasteiger partial charge in [0.2, 0.25) is 0 Å². The summed E-state index contributed by atoms with van der Waals surface area (Å²) in [6.45, 7) is 6.52. The molecule has 5 heteroatoms. The zero-order valence-corrected chi connectivity index (χ0v) is 17.1. The maximum Gasteiger partial charge on any atom is 0.341 e. The van der Waals surface area contributed by atoms with E-state index in [1.807, 2.05) is 4.57 Å². The summed E-state index contributed by atoms with van der Waals surface area (Å²) in [6, 6.07) is 8.65. The van der Waals surface area contributed by atoms with Crippen molar-refractivity contribution in [2.75, 3.05) is 5.32 Å². The number of aromatic nitrogens is 1. The van der Waals surface area contributed by atoms with Gasteiger partial charge in [-0.3, -0.25) is 4.79 Å². The zero-order valence-electron chi connectivity index (χ0n) is 17.1. The summed E-state index contributed by atoms with van der Waals surface area (Å²) in [7, 11) is 0. The van der Waals surface area contributed by atoms with Crippen LogP contribution in [-0.4, -0.2) is 21.7 Å². The number of carbonyl (C=O) groups is 1. The van der Waals surface area contributed by atoms with Crippen molar-refractivity contribution < 1.29 is 9.90 Å². The highest BCUT2D eigenvalue weighted by Gasteiger charge is 2.38. The van der Waals surface area contributed by atoms with Gasteiger partial charge < -0.3 is 15.0 Å². The molecule has 2 aliphatic carbocycles. The zero-order chi connectivity index (χ0) is 20.5. The van der Waals surface area contributed by atoms with Gasteiger partial charge in [-0.2, -0.15) is 0 Å². The molecule has 1 aromatic heterocycles. The topological polar surface area (TPSA) is 71.3 Å². The normalized spacial score (nSPS) is 20.2. The first-order chi connectivity index (χ1) is 13.7. The van der Waals surface area contributed by atoms with Crippen LogP contribution < -0.4 is 10.7 Å². The number of pyridine rings is 1. The number of nitrogens with zero attached hydrogens (tertiary/aromatic N) is 1. The fourth-order valence-electron chi connectivity index (χ4n) is 4.79. The van der Waals surface area contributed by atoms with E-state index in [1.165, 1.54) is 46.9 Å². The molecule has 5 rings (SSSR count). The van der Waals surface area contributed by atoms with Gasteiger partial charge in [0, 0.05) is 42.1 Å². The first-order valence-corrected chi connectivity index (χ1v) is 10.3. The molecule has 2 N–H and O–H groups in total. The van der Waals surface area contributed by atoms with E-state index < -0.39 is 11.4 Å². The van der Waals surface area contributed by atoms with Gasteiger partial charge in [-0.1, -0.05) is 32.9 Å². The summed E-state index contributed by atoms with van der Waals surface area (Å²) >= 11 is 0. The van der Waals surface area contributed by atoms with Gasteiger partial charge in [0.1, 0.15) is 5.56 Å². The van der Waals surface area contributed by atoms with Gasteiger partial charge in [-0.25, -0.2) is 4.79 Å². The summed E-state index contributed by atoms with van der Waals surface area (Å²) in [5.41, 5.74) is 6.47. The Morgan fingerprint density at radius 1 is 1.21 bits per heavy atom. The van der Waals surface area contributed by atoms with Gasteiger partial charge >= 0.3 is 5.97 Å². The molecular formula is C24H26N2O3. The molecule has 0 bridgehead atoms. The third-order valence-corrected chi connectivity index (χ3v) is 6.51. The molecule has 1 atom stereocenters. The standard InChI is InChI=1S/C24H26N2O3/c1-24(2,3)22-10-15-14-5-4-6-19(25-13-7-8-13)16(14)9-17(15)20-11-21(27)18(23(28)29)12-26(20)22/h4-6,11-13,22,25H,7-10H2,1-3H3,(H,28,29)/t22-/m0/s1. The van der Waals surface area contributed by atoms with Crippen LogP contribution in [0.4, 0.5) is 5.69 Å². The third kappa shape index (κ3) is 2.91. The van der Waals surface area contributed by atoms with Crippen molar-refractivity contribution in [1.29, 1.82) is 0 Å². The lowest BCUT2D eigenvalue weighted by atomic mass is 9.78. The highest BCUT2D eigenvalue weighted by atomic mass is 16.4. The Labute approximate surface area is 170 Å². The van der Waals surface area contributed by atoms with E-state index in [-0.39, 0.29) is 17.0 Å². The van der Waals surface area contributed by atoms with E-state index in [1.54, 1.807) is 6.20 Å². The van der Waals surface area contributed by atoms with Crippen LogP contribution >= 0.6 is 0 Å². The lowest BCUT2D eigenvalue weighted by molar-refractivity contribution is 0.0693. The van der Waals surface area contributed by atoms with Gasteiger partial charge in [0.15, 0.2) is 5.43 Å². The number of nitrogens with one attached hydrogen (secondary N) is 1.